The molecule has 0 N–H and O–H groups in total. The van der Waals surface area contributed by atoms with Crippen LogP contribution in [0.3, 0.4) is 0 Å². The van der Waals surface area contributed by atoms with E-state index in [1.165, 1.54) is 22.2 Å². The number of ether oxygens (including phenoxy) is 1. The molecular formula is C23H25N3O2S. The van der Waals surface area contributed by atoms with Crippen LogP contribution in [0.1, 0.15) is 22.6 Å². The molecule has 0 unspecified atom stereocenters. The molecule has 150 valence electrons. The standard InChI is InChI=1S/C23H25N3O2S/c27-23(16-28-19-9-8-17-4-3-5-18(17)14-19)26-12-10-25(11-13-26)15-22-24-20-6-1-2-7-21(20)29-22/h1-2,6-9,14H,3-5,10-13,15-16H2. The molecule has 1 aliphatic carbocycles. The molecule has 0 atom stereocenters. The van der Waals surface area contributed by atoms with Gasteiger partial charge in [0.1, 0.15) is 10.8 Å². The molecule has 5 nitrogen and oxygen atoms in total. The van der Waals surface area contributed by atoms with E-state index in [-0.39, 0.29) is 12.5 Å². The van der Waals surface area contributed by atoms with Crippen molar-refractivity contribution in [2.75, 3.05) is 32.8 Å². The van der Waals surface area contributed by atoms with Gasteiger partial charge < -0.3 is 9.64 Å². The Hall–Kier alpha value is -2.44. The molecule has 1 aliphatic heterocycles. The largest absolute Gasteiger partial charge is 0.484 e. The van der Waals surface area contributed by atoms with Gasteiger partial charge in [0.05, 0.1) is 16.8 Å². The van der Waals surface area contributed by atoms with Crippen LogP contribution in [0.25, 0.3) is 10.2 Å². The molecule has 1 fully saturated rings. The second kappa shape index (κ2) is 8.13. The van der Waals surface area contributed by atoms with Crippen LogP contribution in [0.15, 0.2) is 42.5 Å². The Balaban J connectivity index is 1.11. The van der Waals surface area contributed by atoms with Crippen LogP contribution in [0.5, 0.6) is 5.75 Å². The number of carbonyl (C=O) groups is 1. The van der Waals surface area contributed by atoms with Crippen LogP contribution in [0.4, 0.5) is 0 Å². The maximum atomic E-state index is 12.6. The van der Waals surface area contributed by atoms with Gasteiger partial charge in [-0.3, -0.25) is 9.69 Å². The second-order valence-electron chi connectivity index (χ2n) is 7.81. The minimum absolute atomic E-state index is 0.0742. The van der Waals surface area contributed by atoms with Crippen molar-refractivity contribution < 1.29 is 9.53 Å². The fourth-order valence-corrected chi connectivity index (χ4v) is 5.22. The van der Waals surface area contributed by atoms with Gasteiger partial charge in [0, 0.05) is 26.2 Å². The summed E-state index contributed by atoms with van der Waals surface area (Å²) in [5.41, 5.74) is 3.87. The number of thiazole rings is 1. The molecule has 2 heterocycles. The summed E-state index contributed by atoms with van der Waals surface area (Å²) in [6.07, 6.45) is 3.51. The summed E-state index contributed by atoms with van der Waals surface area (Å²) in [4.78, 5) is 21.6. The van der Waals surface area contributed by atoms with Crippen molar-refractivity contribution in [1.29, 1.82) is 0 Å². The molecule has 29 heavy (non-hydrogen) atoms. The highest BCUT2D eigenvalue weighted by atomic mass is 32.1. The van der Waals surface area contributed by atoms with Crippen molar-refractivity contribution >= 4 is 27.5 Å². The number of piperazine rings is 1. The van der Waals surface area contributed by atoms with Crippen LogP contribution < -0.4 is 4.74 Å². The monoisotopic (exact) mass is 407 g/mol. The van der Waals surface area contributed by atoms with Gasteiger partial charge in [-0.25, -0.2) is 4.98 Å². The average Bonchev–Trinajstić information content (AvgIpc) is 3.38. The van der Waals surface area contributed by atoms with Gasteiger partial charge in [0.25, 0.3) is 5.91 Å². The molecule has 1 aromatic heterocycles. The van der Waals surface area contributed by atoms with Crippen molar-refractivity contribution in [2.24, 2.45) is 0 Å². The van der Waals surface area contributed by atoms with Crippen molar-refractivity contribution in [1.82, 2.24) is 14.8 Å². The summed E-state index contributed by atoms with van der Waals surface area (Å²) < 4.78 is 7.03. The first-order valence-corrected chi connectivity index (χ1v) is 11.2. The number of rotatable bonds is 5. The number of nitrogens with zero attached hydrogens (tertiary/aromatic N) is 3. The zero-order valence-electron chi connectivity index (χ0n) is 16.5. The predicted molar refractivity (Wildman–Crippen MR) is 115 cm³/mol. The Bertz CT molecular complexity index is 991. The lowest BCUT2D eigenvalue weighted by atomic mass is 10.1. The fourth-order valence-electron chi connectivity index (χ4n) is 4.21. The first-order chi connectivity index (χ1) is 14.2. The number of para-hydroxylation sites is 1. The SMILES string of the molecule is O=C(COc1ccc2c(c1)CCC2)N1CCN(Cc2nc3ccccc3s2)CC1. The molecule has 0 bridgehead atoms. The third-order valence-corrected chi connectivity index (χ3v) is 6.88. The van der Waals surface area contributed by atoms with Gasteiger partial charge in [-0.15, -0.1) is 11.3 Å². The van der Waals surface area contributed by atoms with Crippen molar-refractivity contribution in [2.45, 2.75) is 25.8 Å². The molecule has 1 saturated heterocycles. The number of aromatic nitrogens is 1. The van der Waals surface area contributed by atoms with E-state index in [1.54, 1.807) is 11.3 Å². The minimum Gasteiger partial charge on any atom is -0.484 e. The smallest absolute Gasteiger partial charge is 0.260 e. The van der Waals surface area contributed by atoms with E-state index in [1.807, 2.05) is 17.0 Å². The number of amides is 1. The summed E-state index contributed by atoms with van der Waals surface area (Å²) >= 11 is 1.76. The highest BCUT2D eigenvalue weighted by Crippen LogP contribution is 2.26. The highest BCUT2D eigenvalue weighted by molar-refractivity contribution is 7.18. The Labute approximate surface area is 174 Å². The van der Waals surface area contributed by atoms with Gasteiger partial charge in [0.15, 0.2) is 6.61 Å². The highest BCUT2D eigenvalue weighted by Gasteiger charge is 2.22. The van der Waals surface area contributed by atoms with E-state index in [0.29, 0.717) is 0 Å². The van der Waals surface area contributed by atoms with E-state index in [9.17, 15) is 4.79 Å². The third-order valence-electron chi connectivity index (χ3n) is 5.85. The summed E-state index contributed by atoms with van der Waals surface area (Å²) in [5, 5.41) is 1.14. The molecule has 5 rings (SSSR count). The van der Waals surface area contributed by atoms with E-state index < -0.39 is 0 Å². The number of benzene rings is 2. The molecule has 0 radical (unpaired) electrons. The lowest BCUT2D eigenvalue weighted by molar-refractivity contribution is -0.135. The Morgan fingerprint density at radius 3 is 2.72 bits per heavy atom. The normalized spacial score (nSPS) is 16.9. The molecule has 0 spiro atoms. The fraction of sp³-hybridized carbons (Fsp3) is 0.391. The maximum Gasteiger partial charge on any atom is 0.260 e. The number of hydrogen-bond acceptors (Lipinski definition) is 5. The van der Waals surface area contributed by atoms with Crippen LogP contribution in [0, 0.1) is 0 Å². The zero-order chi connectivity index (χ0) is 19.6. The van der Waals surface area contributed by atoms with E-state index in [2.05, 4.69) is 35.2 Å². The molecule has 2 aromatic carbocycles. The Morgan fingerprint density at radius 1 is 1.03 bits per heavy atom. The van der Waals surface area contributed by atoms with Gasteiger partial charge in [-0.05, 0) is 54.7 Å². The first kappa shape index (κ1) is 18.6. The molecular weight excluding hydrogens is 382 g/mol. The van der Waals surface area contributed by atoms with Gasteiger partial charge in [0.2, 0.25) is 0 Å². The molecule has 3 aromatic rings. The zero-order valence-corrected chi connectivity index (χ0v) is 17.3. The molecule has 2 aliphatic rings. The van der Waals surface area contributed by atoms with Crippen molar-refractivity contribution in [3.63, 3.8) is 0 Å². The van der Waals surface area contributed by atoms with E-state index in [0.717, 1.165) is 61.8 Å². The minimum atomic E-state index is 0.0742. The third kappa shape index (κ3) is 4.14. The van der Waals surface area contributed by atoms with Gasteiger partial charge in [-0.1, -0.05) is 18.2 Å². The number of carbonyl (C=O) groups excluding carboxylic acids is 1. The number of hydrogen-bond donors (Lipinski definition) is 0. The van der Waals surface area contributed by atoms with Gasteiger partial charge >= 0.3 is 0 Å². The summed E-state index contributed by atoms with van der Waals surface area (Å²) in [6, 6.07) is 14.5. The molecule has 6 heteroatoms. The number of fused-ring (bicyclic) bond motifs is 2. The summed E-state index contributed by atoms with van der Waals surface area (Å²) in [7, 11) is 0. The van der Waals surface area contributed by atoms with Crippen LogP contribution in [-0.4, -0.2) is 53.5 Å². The number of aryl methyl sites for hydroxylation is 2. The summed E-state index contributed by atoms with van der Waals surface area (Å²) in [5.74, 6) is 0.888. The van der Waals surface area contributed by atoms with E-state index in [4.69, 9.17) is 9.72 Å². The van der Waals surface area contributed by atoms with Crippen LogP contribution >= 0.6 is 11.3 Å². The van der Waals surface area contributed by atoms with Crippen molar-refractivity contribution in [3.8, 4) is 5.75 Å². The second-order valence-corrected chi connectivity index (χ2v) is 8.92. The average molecular weight is 408 g/mol. The Kier molecular flexibility index (Phi) is 5.21. The Morgan fingerprint density at radius 2 is 1.86 bits per heavy atom. The maximum absolute atomic E-state index is 12.6. The first-order valence-electron chi connectivity index (χ1n) is 10.3. The van der Waals surface area contributed by atoms with Crippen molar-refractivity contribution in [3.05, 3.63) is 58.6 Å². The quantitative estimate of drug-likeness (QED) is 0.649. The topological polar surface area (TPSA) is 45.7 Å². The lowest BCUT2D eigenvalue weighted by Gasteiger charge is -2.34. The molecule has 0 saturated carbocycles. The van der Waals surface area contributed by atoms with E-state index >= 15 is 0 Å². The lowest BCUT2D eigenvalue weighted by Crippen LogP contribution is -2.49. The van der Waals surface area contributed by atoms with Crippen LogP contribution in [-0.2, 0) is 24.2 Å². The summed E-state index contributed by atoms with van der Waals surface area (Å²) in [6.45, 7) is 4.22. The molecule has 1 amide bonds. The van der Waals surface area contributed by atoms with Gasteiger partial charge in [-0.2, -0.15) is 0 Å². The van der Waals surface area contributed by atoms with Crippen LogP contribution in [0.2, 0.25) is 0 Å². The predicted octanol–water partition coefficient (Wildman–Crippen LogP) is 3.51.